The summed E-state index contributed by atoms with van der Waals surface area (Å²) < 4.78 is 5.93. The van der Waals surface area contributed by atoms with Gasteiger partial charge in [-0.25, -0.2) is 0 Å². The maximum Gasteiger partial charge on any atom is 0.295 e. The Morgan fingerprint density at radius 3 is 2.62 bits per heavy atom. The number of ketones is 1. The smallest absolute Gasteiger partial charge is 0.295 e. The summed E-state index contributed by atoms with van der Waals surface area (Å²) in [5.74, 6) is -0.749. The minimum absolute atomic E-state index is 0.0157. The molecule has 2 fully saturated rings. The SMILES string of the molecule is COc1ccc(/C(O)=C2\C(=O)C(=O)N(C3CCCC3)C2c2c[nH]c3ccccc23)cc1Br. The van der Waals surface area contributed by atoms with Crippen molar-refractivity contribution >= 4 is 44.3 Å². The number of aliphatic hydroxyl groups excluding tert-OH is 1. The van der Waals surface area contributed by atoms with E-state index in [9.17, 15) is 14.7 Å². The van der Waals surface area contributed by atoms with Gasteiger partial charge in [0.15, 0.2) is 0 Å². The number of carbonyl (C=O) groups excluding carboxylic acids is 2. The number of carbonyl (C=O) groups is 2. The third-order valence-electron chi connectivity index (χ3n) is 6.54. The molecular weight excluding hydrogens is 472 g/mol. The topological polar surface area (TPSA) is 82.6 Å². The summed E-state index contributed by atoms with van der Waals surface area (Å²) in [6.45, 7) is 0. The number of rotatable bonds is 4. The van der Waals surface area contributed by atoms with Crippen LogP contribution in [-0.4, -0.2) is 39.8 Å². The number of benzene rings is 2. The fourth-order valence-corrected chi connectivity index (χ4v) is 5.54. The molecule has 1 unspecified atom stereocenters. The number of fused-ring (bicyclic) bond motifs is 1. The maximum absolute atomic E-state index is 13.3. The Morgan fingerprint density at radius 1 is 1.16 bits per heavy atom. The number of nitrogens with zero attached hydrogens (tertiary/aromatic N) is 1. The zero-order valence-electron chi connectivity index (χ0n) is 17.6. The molecule has 32 heavy (non-hydrogen) atoms. The lowest BCUT2D eigenvalue weighted by Crippen LogP contribution is -2.37. The Bertz CT molecular complexity index is 1260. The van der Waals surface area contributed by atoms with Gasteiger partial charge in [0.05, 0.1) is 23.2 Å². The molecule has 1 aliphatic carbocycles. The first-order valence-electron chi connectivity index (χ1n) is 10.7. The van der Waals surface area contributed by atoms with E-state index in [-0.39, 0.29) is 17.4 Å². The standard InChI is InChI=1S/C25H23BrN2O4/c1-32-20-11-10-14(12-18(20)26)23(29)21-22(17-13-27-19-9-5-4-8-16(17)19)28(25(31)24(21)30)15-6-2-3-7-15/h4-5,8-13,15,22,27,29H,2-3,6-7H2,1H3/b23-21+. The van der Waals surface area contributed by atoms with E-state index in [1.807, 2.05) is 30.5 Å². The fraction of sp³-hybridized carbons (Fsp3) is 0.280. The molecular formula is C25H23BrN2O4. The van der Waals surface area contributed by atoms with Crippen molar-refractivity contribution in [3.63, 3.8) is 0 Å². The molecule has 7 heteroatoms. The first-order valence-corrected chi connectivity index (χ1v) is 11.5. The average molecular weight is 495 g/mol. The number of H-pyrrole nitrogens is 1. The molecule has 1 aliphatic heterocycles. The lowest BCUT2D eigenvalue weighted by Gasteiger charge is -2.30. The molecule has 1 amide bonds. The number of Topliss-reactive ketones (excluding diaryl/α,β-unsaturated/α-hetero) is 1. The predicted octanol–water partition coefficient (Wildman–Crippen LogP) is 5.30. The Balaban J connectivity index is 1.72. The summed E-state index contributed by atoms with van der Waals surface area (Å²) in [7, 11) is 1.56. The maximum atomic E-state index is 13.3. The van der Waals surface area contributed by atoms with Crippen LogP contribution < -0.4 is 4.74 Å². The van der Waals surface area contributed by atoms with Crippen LogP contribution in [-0.2, 0) is 9.59 Å². The van der Waals surface area contributed by atoms with Crippen LogP contribution in [0.2, 0.25) is 0 Å². The molecule has 2 N–H and O–H groups in total. The molecule has 6 nitrogen and oxygen atoms in total. The number of ether oxygens (including phenoxy) is 1. The number of halogens is 1. The van der Waals surface area contributed by atoms with Gasteiger partial charge in [0.2, 0.25) is 0 Å². The zero-order chi connectivity index (χ0) is 22.4. The van der Waals surface area contributed by atoms with Crippen LogP contribution >= 0.6 is 15.9 Å². The Labute approximate surface area is 194 Å². The Kier molecular flexibility index (Phi) is 5.29. The van der Waals surface area contributed by atoms with Crippen molar-refractivity contribution in [2.24, 2.45) is 0 Å². The summed E-state index contributed by atoms with van der Waals surface area (Å²) in [5.41, 5.74) is 2.32. The largest absolute Gasteiger partial charge is 0.507 e. The van der Waals surface area contributed by atoms with E-state index >= 15 is 0 Å². The molecule has 2 heterocycles. The van der Waals surface area contributed by atoms with Crippen molar-refractivity contribution < 1.29 is 19.4 Å². The highest BCUT2D eigenvalue weighted by molar-refractivity contribution is 9.10. The highest BCUT2D eigenvalue weighted by Crippen LogP contribution is 2.45. The Morgan fingerprint density at radius 2 is 1.91 bits per heavy atom. The molecule has 2 aromatic carbocycles. The quantitative estimate of drug-likeness (QED) is 0.292. The van der Waals surface area contributed by atoms with Crippen molar-refractivity contribution in [1.29, 1.82) is 0 Å². The van der Waals surface area contributed by atoms with Gasteiger partial charge in [-0.2, -0.15) is 0 Å². The first kappa shape index (κ1) is 20.8. The number of nitrogens with one attached hydrogen (secondary N) is 1. The molecule has 3 aromatic rings. The zero-order valence-corrected chi connectivity index (χ0v) is 19.2. The number of amides is 1. The van der Waals surface area contributed by atoms with Gasteiger partial charge in [-0.05, 0) is 53.0 Å². The van der Waals surface area contributed by atoms with E-state index < -0.39 is 17.7 Å². The second-order valence-corrected chi connectivity index (χ2v) is 9.14. The van der Waals surface area contributed by atoms with Gasteiger partial charge in [0, 0.05) is 34.3 Å². The summed E-state index contributed by atoms with van der Waals surface area (Å²) >= 11 is 3.44. The molecule has 0 bridgehead atoms. The van der Waals surface area contributed by atoms with Gasteiger partial charge in [-0.15, -0.1) is 0 Å². The van der Waals surface area contributed by atoms with Crippen molar-refractivity contribution in [3.8, 4) is 5.75 Å². The van der Waals surface area contributed by atoms with Crippen LogP contribution in [0.4, 0.5) is 0 Å². The normalized spacial score (nSPS) is 21.1. The van der Waals surface area contributed by atoms with Gasteiger partial charge in [0.1, 0.15) is 11.5 Å². The average Bonchev–Trinajstić information content (AvgIpc) is 3.52. The third kappa shape index (κ3) is 3.23. The molecule has 1 saturated heterocycles. The van der Waals surface area contributed by atoms with E-state index in [1.165, 1.54) is 0 Å². The molecule has 1 aromatic heterocycles. The van der Waals surface area contributed by atoms with Gasteiger partial charge >= 0.3 is 0 Å². The summed E-state index contributed by atoms with van der Waals surface area (Å²) in [5, 5.41) is 12.2. The van der Waals surface area contributed by atoms with Crippen LogP contribution in [0, 0.1) is 0 Å². The van der Waals surface area contributed by atoms with Crippen LogP contribution in [0.15, 0.2) is 58.7 Å². The minimum Gasteiger partial charge on any atom is -0.507 e. The van der Waals surface area contributed by atoms with E-state index in [2.05, 4.69) is 20.9 Å². The number of hydrogen-bond donors (Lipinski definition) is 2. The molecule has 0 spiro atoms. The molecule has 2 aliphatic rings. The van der Waals surface area contributed by atoms with E-state index in [4.69, 9.17) is 4.74 Å². The van der Waals surface area contributed by atoms with Crippen LogP contribution in [0.3, 0.4) is 0 Å². The number of aromatic amines is 1. The molecule has 1 atom stereocenters. The van der Waals surface area contributed by atoms with E-state index in [0.717, 1.165) is 42.1 Å². The predicted molar refractivity (Wildman–Crippen MR) is 125 cm³/mol. The first-order chi connectivity index (χ1) is 15.5. The number of methoxy groups -OCH3 is 1. The number of likely N-dealkylation sites (tertiary alicyclic amines) is 1. The summed E-state index contributed by atoms with van der Waals surface area (Å²) in [6, 6.07) is 12.2. The monoisotopic (exact) mass is 494 g/mol. The van der Waals surface area contributed by atoms with Crippen molar-refractivity contribution in [1.82, 2.24) is 9.88 Å². The molecule has 5 rings (SSSR count). The van der Waals surface area contributed by atoms with Gasteiger partial charge in [-0.1, -0.05) is 31.0 Å². The van der Waals surface area contributed by atoms with Crippen LogP contribution in [0.25, 0.3) is 16.7 Å². The second-order valence-electron chi connectivity index (χ2n) is 8.28. The molecule has 0 radical (unpaired) electrons. The van der Waals surface area contributed by atoms with Crippen LogP contribution in [0.1, 0.15) is 42.9 Å². The molecule has 164 valence electrons. The number of para-hydroxylation sites is 1. The van der Waals surface area contributed by atoms with Crippen molar-refractivity contribution in [3.05, 3.63) is 69.8 Å². The fourth-order valence-electron chi connectivity index (χ4n) is 5.00. The van der Waals surface area contributed by atoms with Crippen molar-refractivity contribution in [2.45, 2.75) is 37.8 Å². The highest BCUT2D eigenvalue weighted by atomic mass is 79.9. The van der Waals surface area contributed by atoms with E-state index in [0.29, 0.717) is 15.8 Å². The van der Waals surface area contributed by atoms with Gasteiger partial charge in [-0.3, -0.25) is 9.59 Å². The summed E-state index contributed by atoms with van der Waals surface area (Å²) in [6.07, 6.45) is 5.62. The van der Waals surface area contributed by atoms with Gasteiger partial charge < -0.3 is 19.7 Å². The number of hydrogen-bond acceptors (Lipinski definition) is 4. The molecule has 1 saturated carbocycles. The minimum atomic E-state index is -0.643. The second kappa shape index (κ2) is 8.13. The number of aliphatic hydroxyl groups is 1. The third-order valence-corrected chi connectivity index (χ3v) is 7.16. The number of aromatic nitrogens is 1. The summed E-state index contributed by atoms with van der Waals surface area (Å²) in [4.78, 5) is 31.5. The van der Waals surface area contributed by atoms with E-state index in [1.54, 1.807) is 30.2 Å². The lowest BCUT2D eigenvalue weighted by molar-refractivity contribution is -0.141. The van der Waals surface area contributed by atoms with Crippen molar-refractivity contribution in [2.75, 3.05) is 7.11 Å². The highest BCUT2D eigenvalue weighted by Gasteiger charge is 2.49. The lowest BCUT2D eigenvalue weighted by atomic mass is 9.94. The van der Waals surface area contributed by atoms with Crippen LogP contribution in [0.5, 0.6) is 5.75 Å². The van der Waals surface area contributed by atoms with Gasteiger partial charge in [0.25, 0.3) is 11.7 Å². The Hall–Kier alpha value is -3.06.